The molecule has 2 heterocycles. The molecule has 0 aliphatic heterocycles. The summed E-state index contributed by atoms with van der Waals surface area (Å²) in [4.78, 5) is 4.05. The van der Waals surface area contributed by atoms with Gasteiger partial charge in [-0.3, -0.25) is 4.98 Å². The lowest BCUT2D eigenvalue weighted by Crippen LogP contribution is -2.17. The number of nitrogens with one attached hydrogen (secondary N) is 1. The molecule has 6 nitrogen and oxygen atoms in total. The van der Waals surface area contributed by atoms with Gasteiger partial charge in [0.1, 0.15) is 10.8 Å². The quantitative estimate of drug-likeness (QED) is 0.841. The minimum Gasteiger partial charge on any atom is -0.382 e. The SMILES string of the molecule is CCS(=O)(=O)CCNc1snc(N)c1-c1cccnc1. The summed E-state index contributed by atoms with van der Waals surface area (Å²) in [6, 6.07) is 3.71. The van der Waals surface area contributed by atoms with E-state index in [1.807, 2.05) is 12.1 Å². The average molecular weight is 312 g/mol. The van der Waals surface area contributed by atoms with E-state index in [2.05, 4.69) is 14.7 Å². The Kier molecular flexibility index (Phi) is 4.56. The molecule has 0 bridgehead atoms. The van der Waals surface area contributed by atoms with Crippen LogP contribution in [0.3, 0.4) is 0 Å². The number of sulfone groups is 1. The van der Waals surface area contributed by atoms with Crippen LogP contribution in [0.4, 0.5) is 10.8 Å². The summed E-state index contributed by atoms with van der Waals surface area (Å²) >= 11 is 1.22. The van der Waals surface area contributed by atoms with Crippen molar-refractivity contribution < 1.29 is 8.42 Å². The van der Waals surface area contributed by atoms with Gasteiger partial charge in [-0.2, -0.15) is 4.37 Å². The zero-order valence-electron chi connectivity index (χ0n) is 11.0. The first-order chi connectivity index (χ1) is 9.53. The van der Waals surface area contributed by atoms with E-state index in [1.165, 1.54) is 11.5 Å². The summed E-state index contributed by atoms with van der Waals surface area (Å²) in [5.74, 6) is 0.659. The van der Waals surface area contributed by atoms with E-state index < -0.39 is 9.84 Å². The van der Waals surface area contributed by atoms with Gasteiger partial charge in [-0.05, 0) is 17.6 Å². The summed E-state index contributed by atoms with van der Waals surface area (Å²) < 4.78 is 27.0. The Morgan fingerprint density at radius 2 is 2.25 bits per heavy atom. The van der Waals surface area contributed by atoms with Crippen LogP contribution in [0, 0.1) is 0 Å². The van der Waals surface area contributed by atoms with Gasteiger partial charge in [0.15, 0.2) is 9.84 Å². The Bertz CT molecular complexity index is 668. The molecule has 0 saturated heterocycles. The molecular weight excluding hydrogens is 296 g/mol. The molecule has 0 spiro atoms. The molecule has 0 fully saturated rings. The Balaban J connectivity index is 2.14. The van der Waals surface area contributed by atoms with Crippen molar-refractivity contribution in [3.05, 3.63) is 24.5 Å². The number of nitrogens with two attached hydrogens (primary N) is 1. The van der Waals surface area contributed by atoms with Crippen LogP contribution in [0.25, 0.3) is 11.1 Å². The Hall–Kier alpha value is -1.67. The molecule has 3 N–H and O–H groups in total. The van der Waals surface area contributed by atoms with Crippen molar-refractivity contribution in [1.29, 1.82) is 0 Å². The lowest BCUT2D eigenvalue weighted by molar-refractivity contribution is 0.597. The molecule has 0 radical (unpaired) electrons. The van der Waals surface area contributed by atoms with Crippen molar-refractivity contribution in [2.24, 2.45) is 0 Å². The molecular formula is C12H16N4O2S2. The number of aromatic nitrogens is 2. The fourth-order valence-corrected chi connectivity index (χ4v) is 3.14. The Labute approximate surface area is 122 Å². The molecule has 0 unspecified atom stereocenters. The van der Waals surface area contributed by atoms with E-state index in [0.29, 0.717) is 12.4 Å². The molecule has 20 heavy (non-hydrogen) atoms. The topological polar surface area (TPSA) is 98.0 Å². The fourth-order valence-electron chi connectivity index (χ4n) is 1.68. The molecule has 0 saturated carbocycles. The van der Waals surface area contributed by atoms with Crippen molar-refractivity contribution in [1.82, 2.24) is 9.36 Å². The smallest absolute Gasteiger partial charge is 0.151 e. The first-order valence-electron chi connectivity index (χ1n) is 6.13. The molecule has 0 aromatic carbocycles. The van der Waals surface area contributed by atoms with Crippen LogP contribution in [0.1, 0.15) is 6.92 Å². The van der Waals surface area contributed by atoms with E-state index in [4.69, 9.17) is 5.73 Å². The van der Waals surface area contributed by atoms with E-state index in [9.17, 15) is 8.42 Å². The molecule has 2 rings (SSSR count). The summed E-state index contributed by atoms with van der Waals surface area (Å²) in [6.07, 6.45) is 3.38. The molecule has 2 aromatic heterocycles. The van der Waals surface area contributed by atoms with Crippen LogP contribution < -0.4 is 11.1 Å². The number of hydrogen-bond acceptors (Lipinski definition) is 7. The summed E-state index contributed by atoms with van der Waals surface area (Å²) in [5, 5.41) is 3.86. The van der Waals surface area contributed by atoms with E-state index in [-0.39, 0.29) is 11.5 Å². The zero-order valence-corrected chi connectivity index (χ0v) is 12.7. The number of rotatable bonds is 6. The molecule has 0 amide bonds. The van der Waals surface area contributed by atoms with Crippen LogP contribution in [-0.2, 0) is 9.84 Å². The summed E-state index contributed by atoms with van der Waals surface area (Å²) in [6.45, 7) is 1.98. The molecule has 108 valence electrons. The fraction of sp³-hybridized carbons (Fsp3) is 0.333. The Morgan fingerprint density at radius 3 is 2.90 bits per heavy atom. The van der Waals surface area contributed by atoms with Crippen LogP contribution in [0.5, 0.6) is 0 Å². The minimum absolute atomic E-state index is 0.0911. The minimum atomic E-state index is -2.98. The second kappa shape index (κ2) is 6.19. The normalized spacial score (nSPS) is 11.4. The maximum Gasteiger partial charge on any atom is 0.151 e. The number of hydrogen-bond donors (Lipinski definition) is 2. The van der Waals surface area contributed by atoms with Gasteiger partial charge in [0.25, 0.3) is 0 Å². The molecule has 0 aliphatic carbocycles. The largest absolute Gasteiger partial charge is 0.382 e. The first-order valence-corrected chi connectivity index (χ1v) is 8.73. The van der Waals surface area contributed by atoms with E-state index in [1.54, 1.807) is 19.3 Å². The number of nitrogens with zero attached hydrogens (tertiary/aromatic N) is 2. The zero-order chi connectivity index (χ0) is 14.6. The molecule has 0 aliphatic rings. The second-order valence-electron chi connectivity index (χ2n) is 4.18. The summed E-state index contributed by atoms with van der Waals surface area (Å²) in [7, 11) is -2.98. The number of anilines is 2. The van der Waals surface area contributed by atoms with Crippen LogP contribution in [0.15, 0.2) is 24.5 Å². The number of pyridine rings is 1. The lowest BCUT2D eigenvalue weighted by Gasteiger charge is -2.07. The van der Waals surface area contributed by atoms with Crippen LogP contribution in [0.2, 0.25) is 0 Å². The standard InChI is InChI=1S/C12H16N4O2S2/c1-2-20(17,18)7-6-15-12-10(11(13)16-19-12)9-4-3-5-14-8-9/h3-5,8,15H,2,6-7H2,1H3,(H2,13,16). The van der Waals surface area contributed by atoms with E-state index >= 15 is 0 Å². The number of nitrogen functional groups attached to an aromatic ring is 1. The highest BCUT2D eigenvalue weighted by Crippen LogP contribution is 2.36. The third-order valence-corrected chi connectivity index (χ3v) is 5.33. The highest BCUT2D eigenvalue weighted by atomic mass is 32.2. The maximum atomic E-state index is 11.5. The van der Waals surface area contributed by atoms with Gasteiger partial charge in [0, 0.05) is 30.3 Å². The van der Waals surface area contributed by atoms with Crippen molar-refractivity contribution in [3.63, 3.8) is 0 Å². The van der Waals surface area contributed by atoms with Crippen molar-refractivity contribution in [2.75, 3.05) is 29.1 Å². The van der Waals surface area contributed by atoms with Gasteiger partial charge < -0.3 is 11.1 Å². The highest BCUT2D eigenvalue weighted by Gasteiger charge is 2.14. The van der Waals surface area contributed by atoms with Crippen molar-refractivity contribution in [2.45, 2.75) is 6.92 Å². The molecule has 2 aromatic rings. The monoisotopic (exact) mass is 312 g/mol. The third kappa shape index (κ3) is 3.45. The first kappa shape index (κ1) is 14.7. The van der Waals surface area contributed by atoms with Crippen LogP contribution >= 0.6 is 11.5 Å². The predicted octanol–water partition coefficient (Wildman–Crippen LogP) is 1.63. The van der Waals surface area contributed by atoms with Crippen molar-refractivity contribution >= 4 is 32.2 Å². The predicted molar refractivity (Wildman–Crippen MR) is 82.6 cm³/mol. The Morgan fingerprint density at radius 1 is 1.45 bits per heavy atom. The lowest BCUT2D eigenvalue weighted by atomic mass is 10.1. The molecule has 0 atom stereocenters. The summed E-state index contributed by atoms with van der Waals surface area (Å²) in [5.41, 5.74) is 7.51. The molecule has 8 heteroatoms. The van der Waals surface area contributed by atoms with Gasteiger partial charge in [0.2, 0.25) is 0 Å². The third-order valence-electron chi connectivity index (χ3n) is 2.81. The van der Waals surface area contributed by atoms with Gasteiger partial charge in [0.05, 0.1) is 11.3 Å². The highest BCUT2D eigenvalue weighted by molar-refractivity contribution is 7.91. The van der Waals surface area contributed by atoms with Gasteiger partial charge in [-0.25, -0.2) is 8.42 Å². The second-order valence-corrected chi connectivity index (χ2v) is 7.42. The van der Waals surface area contributed by atoms with Crippen LogP contribution in [-0.4, -0.2) is 35.8 Å². The van der Waals surface area contributed by atoms with Gasteiger partial charge in [-0.15, -0.1) is 0 Å². The van der Waals surface area contributed by atoms with Gasteiger partial charge in [-0.1, -0.05) is 13.0 Å². The van der Waals surface area contributed by atoms with E-state index in [0.717, 1.165) is 16.1 Å². The van der Waals surface area contributed by atoms with Gasteiger partial charge >= 0.3 is 0 Å². The average Bonchev–Trinajstić information content (AvgIpc) is 2.81. The van der Waals surface area contributed by atoms with Crippen molar-refractivity contribution in [3.8, 4) is 11.1 Å². The maximum absolute atomic E-state index is 11.5.